The van der Waals surface area contributed by atoms with E-state index in [1.54, 1.807) is 24.1 Å². The molecule has 2 rings (SSSR count). The molecule has 0 aliphatic heterocycles. The standard InChI is InChI=1S/C12H15FN2O.ClH/c1-15(11-4-2-9(13)3-5-11)12(16)8-6-10(14)7-8;/h2-5,8,10H,6-7,14H2,1H3;1H. The molecule has 94 valence electrons. The van der Waals surface area contributed by atoms with Crippen molar-refractivity contribution >= 4 is 24.0 Å². The molecule has 1 saturated carbocycles. The molecule has 0 unspecified atom stereocenters. The van der Waals surface area contributed by atoms with Crippen LogP contribution in [0.2, 0.25) is 0 Å². The van der Waals surface area contributed by atoms with Gasteiger partial charge in [-0.25, -0.2) is 4.39 Å². The van der Waals surface area contributed by atoms with Crippen molar-refractivity contribution in [1.82, 2.24) is 0 Å². The summed E-state index contributed by atoms with van der Waals surface area (Å²) in [5.74, 6) is -0.200. The van der Waals surface area contributed by atoms with Crippen LogP contribution in [-0.2, 0) is 4.79 Å². The van der Waals surface area contributed by atoms with E-state index in [-0.39, 0.29) is 36.1 Å². The van der Waals surface area contributed by atoms with Crippen LogP contribution in [0.3, 0.4) is 0 Å². The second-order valence-electron chi connectivity index (χ2n) is 4.30. The van der Waals surface area contributed by atoms with E-state index in [0.717, 1.165) is 12.8 Å². The van der Waals surface area contributed by atoms with E-state index >= 15 is 0 Å². The van der Waals surface area contributed by atoms with Crippen LogP contribution in [0.5, 0.6) is 0 Å². The lowest BCUT2D eigenvalue weighted by molar-refractivity contribution is -0.124. The smallest absolute Gasteiger partial charge is 0.229 e. The van der Waals surface area contributed by atoms with E-state index in [1.807, 2.05) is 0 Å². The van der Waals surface area contributed by atoms with Gasteiger partial charge in [-0.05, 0) is 37.1 Å². The van der Waals surface area contributed by atoms with Crippen molar-refractivity contribution in [2.24, 2.45) is 11.7 Å². The van der Waals surface area contributed by atoms with Gasteiger partial charge in [-0.15, -0.1) is 12.4 Å². The van der Waals surface area contributed by atoms with Crippen molar-refractivity contribution in [1.29, 1.82) is 0 Å². The maximum atomic E-state index is 12.7. The third kappa shape index (κ3) is 2.96. The number of hydrogen-bond donors (Lipinski definition) is 1. The fraction of sp³-hybridized carbons (Fsp3) is 0.417. The maximum absolute atomic E-state index is 12.7. The van der Waals surface area contributed by atoms with Crippen LogP contribution in [0.1, 0.15) is 12.8 Å². The number of anilines is 1. The zero-order valence-electron chi connectivity index (χ0n) is 9.60. The quantitative estimate of drug-likeness (QED) is 0.881. The molecule has 1 aromatic rings. The molecule has 1 amide bonds. The van der Waals surface area contributed by atoms with Crippen molar-refractivity contribution in [3.63, 3.8) is 0 Å². The Bertz CT molecular complexity index is 390. The number of carbonyl (C=O) groups excluding carboxylic acids is 1. The van der Waals surface area contributed by atoms with Gasteiger partial charge >= 0.3 is 0 Å². The van der Waals surface area contributed by atoms with Crippen LogP contribution < -0.4 is 10.6 Å². The predicted molar refractivity (Wildman–Crippen MR) is 67.8 cm³/mol. The van der Waals surface area contributed by atoms with Crippen molar-refractivity contribution in [3.8, 4) is 0 Å². The minimum Gasteiger partial charge on any atom is -0.328 e. The van der Waals surface area contributed by atoms with Crippen molar-refractivity contribution < 1.29 is 9.18 Å². The normalized spacial score (nSPS) is 22.3. The SMILES string of the molecule is CN(C(=O)C1CC(N)C1)c1ccc(F)cc1.Cl. The molecule has 2 N–H and O–H groups in total. The topological polar surface area (TPSA) is 46.3 Å². The highest BCUT2D eigenvalue weighted by atomic mass is 35.5. The third-order valence-corrected chi connectivity index (χ3v) is 3.07. The van der Waals surface area contributed by atoms with Gasteiger partial charge in [-0.2, -0.15) is 0 Å². The highest BCUT2D eigenvalue weighted by molar-refractivity contribution is 5.95. The minimum absolute atomic E-state index is 0. The molecular formula is C12H16ClFN2O. The van der Waals surface area contributed by atoms with Gasteiger partial charge in [0.15, 0.2) is 0 Å². The van der Waals surface area contributed by atoms with E-state index in [4.69, 9.17) is 5.73 Å². The van der Waals surface area contributed by atoms with Gasteiger partial charge in [0, 0.05) is 24.7 Å². The van der Waals surface area contributed by atoms with Crippen molar-refractivity contribution in [3.05, 3.63) is 30.1 Å². The molecule has 0 radical (unpaired) electrons. The first-order valence-corrected chi connectivity index (χ1v) is 5.36. The van der Waals surface area contributed by atoms with Gasteiger partial charge in [0.25, 0.3) is 0 Å². The number of nitrogens with zero attached hydrogens (tertiary/aromatic N) is 1. The number of benzene rings is 1. The molecule has 1 fully saturated rings. The zero-order chi connectivity index (χ0) is 11.7. The minimum atomic E-state index is -0.296. The van der Waals surface area contributed by atoms with Crippen LogP contribution in [0, 0.1) is 11.7 Å². The second-order valence-corrected chi connectivity index (χ2v) is 4.30. The Kier molecular flexibility index (Phi) is 4.48. The maximum Gasteiger partial charge on any atom is 0.229 e. The fourth-order valence-electron chi connectivity index (χ4n) is 1.93. The molecule has 0 spiro atoms. The first-order valence-electron chi connectivity index (χ1n) is 5.36. The average molecular weight is 259 g/mol. The molecule has 0 bridgehead atoms. The Morgan fingerprint density at radius 1 is 1.35 bits per heavy atom. The molecule has 1 aliphatic rings. The summed E-state index contributed by atoms with van der Waals surface area (Å²) in [4.78, 5) is 13.5. The molecule has 5 heteroatoms. The predicted octanol–water partition coefficient (Wildman–Crippen LogP) is 1.95. The molecule has 1 aromatic carbocycles. The van der Waals surface area contributed by atoms with Crippen LogP contribution >= 0.6 is 12.4 Å². The average Bonchev–Trinajstić information content (AvgIpc) is 2.24. The van der Waals surface area contributed by atoms with E-state index in [2.05, 4.69) is 0 Å². The number of hydrogen-bond acceptors (Lipinski definition) is 2. The highest BCUT2D eigenvalue weighted by Crippen LogP contribution is 2.28. The number of carbonyl (C=O) groups is 1. The number of halogens is 2. The van der Waals surface area contributed by atoms with Crippen LogP contribution in [-0.4, -0.2) is 19.0 Å². The summed E-state index contributed by atoms with van der Waals surface area (Å²) in [5, 5.41) is 0. The first-order chi connectivity index (χ1) is 7.58. The summed E-state index contributed by atoms with van der Waals surface area (Å²) in [6.45, 7) is 0. The molecule has 0 atom stereocenters. The van der Waals surface area contributed by atoms with E-state index in [0.29, 0.717) is 5.69 Å². The Morgan fingerprint density at radius 2 is 1.88 bits per heavy atom. The lowest BCUT2D eigenvalue weighted by Crippen LogP contribution is -2.45. The summed E-state index contributed by atoms with van der Waals surface area (Å²) in [6.07, 6.45) is 1.51. The molecule has 0 saturated heterocycles. The summed E-state index contributed by atoms with van der Waals surface area (Å²) in [6, 6.07) is 6.07. The second kappa shape index (κ2) is 5.47. The Labute approximate surface area is 106 Å². The number of amides is 1. The number of rotatable bonds is 2. The van der Waals surface area contributed by atoms with Crippen LogP contribution in [0.25, 0.3) is 0 Å². The van der Waals surface area contributed by atoms with E-state index in [1.165, 1.54) is 12.1 Å². The lowest BCUT2D eigenvalue weighted by Gasteiger charge is -2.34. The molecule has 17 heavy (non-hydrogen) atoms. The first kappa shape index (κ1) is 13.9. The number of nitrogens with two attached hydrogens (primary N) is 1. The molecule has 0 heterocycles. The molecular weight excluding hydrogens is 243 g/mol. The van der Waals surface area contributed by atoms with Crippen molar-refractivity contribution in [2.45, 2.75) is 18.9 Å². The van der Waals surface area contributed by atoms with Gasteiger partial charge in [0.05, 0.1) is 0 Å². The van der Waals surface area contributed by atoms with Gasteiger partial charge in [0.1, 0.15) is 5.82 Å². The highest BCUT2D eigenvalue weighted by Gasteiger charge is 2.34. The molecule has 1 aliphatic carbocycles. The van der Waals surface area contributed by atoms with Crippen LogP contribution in [0.4, 0.5) is 10.1 Å². The van der Waals surface area contributed by atoms with E-state index in [9.17, 15) is 9.18 Å². The lowest BCUT2D eigenvalue weighted by atomic mass is 9.80. The van der Waals surface area contributed by atoms with Gasteiger partial charge in [0.2, 0.25) is 5.91 Å². The summed E-state index contributed by atoms with van der Waals surface area (Å²) < 4.78 is 12.7. The van der Waals surface area contributed by atoms with Crippen molar-refractivity contribution in [2.75, 3.05) is 11.9 Å². The van der Waals surface area contributed by atoms with Gasteiger partial charge in [-0.3, -0.25) is 4.79 Å². The van der Waals surface area contributed by atoms with Crippen LogP contribution in [0.15, 0.2) is 24.3 Å². The Balaban J connectivity index is 0.00000144. The van der Waals surface area contributed by atoms with Gasteiger partial charge < -0.3 is 10.6 Å². The fourth-order valence-corrected chi connectivity index (χ4v) is 1.93. The molecule has 3 nitrogen and oxygen atoms in total. The Morgan fingerprint density at radius 3 is 2.35 bits per heavy atom. The third-order valence-electron chi connectivity index (χ3n) is 3.07. The largest absolute Gasteiger partial charge is 0.328 e. The van der Waals surface area contributed by atoms with Gasteiger partial charge in [-0.1, -0.05) is 0 Å². The van der Waals surface area contributed by atoms with E-state index < -0.39 is 0 Å². The summed E-state index contributed by atoms with van der Waals surface area (Å²) in [7, 11) is 1.71. The molecule has 0 aromatic heterocycles. The monoisotopic (exact) mass is 258 g/mol. The zero-order valence-corrected chi connectivity index (χ0v) is 10.4. The summed E-state index contributed by atoms with van der Waals surface area (Å²) in [5.41, 5.74) is 6.36. The summed E-state index contributed by atoms with van der Waals surface area (Å²) >= 11 is 0. The Hall–Kier alpha value is -1.13.